The first-order valence-electron chi connectivity index (χ1n) is 5.91. The van der Waals surface area contributed by atoms with E-state index in [1.54, 1.807) is 0 Å². The molecular weight excluding hydrogens is 236 g/mol. The second-order valence-corrected chi connectivity index (χ2v) is 4.41. The Morgan fingerprint density at radius 2 is 2.39 bits per heavy atom. The Morgan fingerprint density at radius 1 is 1.61 bits per heavy atom. The van der Waals surface area contributed by atoms with Gasteiger partial charge in [0, 0.05) is 18.7 Å². The Hall–Kier alpha value is -1.89. The SMILES string of the molecule is Cn1c(C(=O)N[C@@H]2CCCNC2)ccc1[N+](=O)[O-]. The van der Waals surface area contributed by atoms with Crippen LogP contribution in [0.3, 0.4) is 0 Å². The van der Waals surface area contributed by atoms with E-state index in [1.165, 1.54) is 23.7 Å². The summed E-state index contributed by atoms with van der Waals surface area (Å²) in [5, 5.41) is 16.8. The molecule has 0 radical (unpaired) electrons. The van der Waals surface area contributed by atoms with E-state index in [1.807, 2.05) is 0 Å². The molecule has 0 aliphatic carbocycles. The summed E-state index contributed by atoms with van der Waals surface area (Å²) in [5.41, 5.74) is 0.312. The normalized spacial score (nSPS) is 19.5. The molecule has 1 amide bonds. The molecule has 0 saturated carbocycles. The monoisotopic (exact) mass is 252 g/mol. The predicted molar refractivity (Wildman–Crippen MR) is 65.4 cm³/mol. The highest BCUT2D eigenvalue weighted by molar-refractivity contribution is 5.93. The lowest BCUT2D eigenvalue weighted by atomic mass is 10.1. The zero-order chi connectivity index (χ0) is 13.1. The lowest BCUT2D eigenvalue weighted by Crippen LogP contribution is -2.45. The predicted octanol–water partition coefficient (Wildman–Crippen LogP) is 0.415. The van der Waals surface area contributed by atoms with E-state index in [9.17, 15) is 14.9 Å². The first-order chi connectivity index (χ1) is 8.59. The summed E-state index contributed by atoms with van der Waals surface area (Å²) in [6.45, 7) is 1.72. The van der Waals surface area contributed by atoms with Gasteiger partial charge in [-0.2, -0.15) is 0 Å². The van der Waals surface area contributed by atoms with E-state index in [0.29, 0.717) is 5.69 Å². The highest BCUT2D eigenvalue weighted by Crippen LogP contribution is 2.15. The van der Waals surface area contributed by atoms with Gasteiger partial charge in [0.15, 0.2) is 5.69 Å². The van der Waals surface area contributed by atoms with Crippen LogP contribution in [0.2, 0.25) is 0 Å². The van der Waals surface area contributed by atoms with Gasteiger partial charge in [0.05, 0.1) is 7.05 Å². The summed E-state index contributed by atoms with van der Waals surface area (Å²) >= 11 is 0. The third-order valence-electron chi connectivity index (χ3n) is 3.15. The lowest BCUT2D eigenvalue weighted by molar-refractivity contribution is -0.391. The van der Waals surface area contributed by atoms with Crippen LogP contribution in [0.4, 0.5) is 5.82 Å². The minimum Gasteiger partial charge on any atom is -0.358 e. The van der Waals surface area contributed by atoms with Gasteiger partial charge in [0.2, 0.25) is 0 Å². The lowest BCUT2D eigenvalue weighted by Gasteiger charge is -2.23. The molecule has 1 aliphatic heterocycles. The van der Waals surface area contributed by atoms with Crippen molar-refractivity contribution in [3.63, 3.8) is 0 Å². The molecule has 1 aromatic heterocycles. The molecule has 1 saturated heterocycles. The molecule has 0 unspecified atom stereocenters. The fraction of sp³-hybridized carbons (Fsp3) is 0.545. The van der Waals surface area contributed by atoms with Gasteiger partial charge in [-0.1, -0.05) is 0 Å². The van der Waals surface area contributed by atoms with Crippen molar-refractivity contribution >= 4 is 11.7 Å². The number of carbonyl (C=O) groups is 1. The maximum absolute atomic E-state index is 12.0. The molecule has 0 aromatic carbocycles. The van der Waals surface area contributed by atoms with Crippen LogP contribution in [-0.4, -0.2) is 34.5 Å². The van der Waals surface area contributed by atoms with Crippen molar-refractivity contribution in [2.45, 2.75) is 18.9 Å². The minimum absolute atomic E-state index is 0.0816. The van der Waals surface area contributed by atoms with Crippen LogP contribution in [0.25, 0.3) is 0 Å². The number of aromatic nitrogens is 1. The molecule has 98 valence electrons. The van der Waals surface area contributed by atoms with Gasteiger partial charge < -0.3 is 20.7 Å². The number of hydrogen-bond acceptors (Lipinski definition) is 4. The number of nitrogens with zero attached hydrogens (tertiary/aromatic N) is 2. The molecular formula is C11H16N4O3. The number of hydrogen-bond donors (Lipinski definition) is 2. The van der Waals surface area contributed by atoms with Crippen LogP contribution in [-0.2, 0) is 7.05 Å². The van der Waals surface area contributed by atoms with Gasteiger partial charge in [-0.05, 0) is 30.4 Å². The fourth-order valence-corrected chi connectivity index (χ4v) is 2.15. The van der Waals surface area contributed by atoms with Crippen LogP contribution in [0.1, 0.15) is 23.3 Å². The second-order valence-electron chi connectivity index (χ2n) is 4.41. The van der Waals surface area contributed by atoms with Crippen molar-refractivity contribution in [1.29, 1.82) is 0 Å². The molecule has 7 nitrogen and oxygen atoms in total. The average Bonchev–Trinajstić information content (AvgIpc) is 2.72. The minimum atomic E-state index is -0.501. The Labute approximate surface area is 104 Å². The number of amides is 1. The van der Waals surface area contributed by atoms with Crippen LogP contribution in [0, 0.1) is 10.1 Å². The van der Waals surface area contributed by atoms with E-state index < -0.39 is 4.92 Å². The average molecular weight is 252 g/mol. The summed E-state index contributed by atoms with van der Waals surface area (Å²) in [7, 11) is 1.52. The van der Waals surface area contributed by atoms with Gasteiger partial charge in [-0.25, -0.2) is 4.57 Å². The van der Waals surface area contributed by atoms with Gasteiger partial charge in [-0.15, -0.1) is 0 Å². The summed E-state index contributed by atoms with van der Waals surface area (Å²) in [6.07, 6.45) is 1.96. The second kappa shape index (κ2) is 5.18. The van der Waals surface area contributed by atoms with Crippen LogP contribution < -0.4 is 10.6 Å². The molecule has 0 spiro atoms. The van der Waals surface area contributed by atoms with Crippen LogP contribution in [0.5, 0.6) is 0 Å². The maximum Gasteiger partial charge on any atom is 0.323 e. The number of carbonyl (C=O) groups excluding carboxylic acids is 1. The highest BCUT2D eigenvalue weighted by Gasteiger charge is 2.23. The zero-order valence-electron chi connectivity index (χ0n) is 10.2. The Balaban J connectivity index is 2.06. The van der Waals surface area contributed by atoms with E-state index >= 15 is 0 Å². The van der Waals surface area contributed by atoms with Crippen molar-refractivity contribution in [3.8, 4) is 0 Å². The smallest absolute Gasteiger partial charge is 0.323 e. The molecule has 2 heterocycles. The van der Waals surface area contributed by atoms with Crippen molar-refractivity contribution in [2.24, 2.45) is 7.05 Å². The van der Waals surface area contributed by atoms with Gasteiger partial charge in [0.25, 0.3) is 5.91 Å². The number of rotatable bonds is 3. The number of nitro groups is 1. The van der Waals surface area contributed by atoms with Crippen LogP contribution in [0.15, 0.2) is 12.1 Å². The van der Waals surface area contributed by atoms with E-state index in [4.69, 9.17) is 0 Å². The third-order valence-corrected chi connectivity index (χ3v) is 3.15. The number of nitrogens with one attached hydrogen (secondary N) is 2. The van der Waals surface area contributed by atoms with Crippen LogP contribution >= 0.6 is 0 Å². The summed E-state index contributed by atoms with van der Waals surface area (Å²) < 4.78 is 1.30. The van der Waals surface area contributed by atoms with E-state index in [2.05, 4.69) is 10.6 Å². The van der Waals surface area contributed by atoms with Gasteiger partial charge in [-0.3, -0.25) is 4.79 Å². The molecule has 1 aliphatic rings. The Morgan fingerprint density at radius 3 is 2.94 bits per heavy atom. The molecule has 2 rings (SSSR count). The third kappa shape index (κ3) is 2.51. The summed E-state index contributed by atoms with van der Waals surface area (Å²) in [4.78, 5) is 22.2. The van der Waals surface area contributed by atoms with Crippen molar-refractivity contribution < 1.29 is 9.72 Å². The van der Waals surface area contributed by atoms with Crippen molar-refractivity contribution in [1.82, 2.24) is 15.2 Å². The van der Waals surface area contributed by atoms with Gasteiger partial charge in [0.1, 0.15) is 0 Å². The largest absolute Gasteiger partial charge is 0.358 e. The first kappa shape index (κ1) is 12.6. The molecule has 7 heteroatoms. The molecule has 0 bridgehead atoms. The topological polar surface area (TPSA) is 89.2 Å². The molecule has 18 heavy (non-hydrogen) atoms. The molecule has 1 atom stereocenters. The fourth-order valence-electron chi connectivity index (χ4n) is 2.15. The maximum atomic E-state index is 12.0. The summed E-state index contributed by atoms with van der Waals surface area (Å²) in [5.74, 6) is -0.346. The van der Waals surface area contributed by atoms with E-state index in [-0.39, 0.29) is 17.8 Å². The number of piperidine rings is 1. The first-order valence-corrected chi connectivity index (χ1v) is 5.91. The van der Waals surface area contributed by atoms with Crippen molar-refractivity contribution in [2.75, 3.05) is 13.1 Å². The standard InChI is InChI=1S/C11H16N4O3/c1-14-9(4-5-10(14)15(17)18)11(16)13-8-3-2-6-12-7-8/h4-5,8,12H,2-3,6-7H2,1H3,(H,13,16)/t8-/m1/s1. The van der Waals surface area contributed by atoms with Gasteiger partial charge >= 0.3 is 5.82 Å². The Bertz CT molecular complexity index is 463. The molecule has 1 aromatic rings. The van der Waals surface area contributed by atoms with E-state index in [0.717, 1.165) is 25.9 Å². The Kier molecular flexibility index (Phi) is 3.61. The molecule has 2 N–H and O–H groups in total. The highest BCUT2D eigenvalue weighted by atomic mass is 16.6. The molecule has 1 fully saturated rings. The zero-order valence-corrected chi connectivity index (χ0v) is 10.2. The summed E-state index contributed by atoms with van der Waals surface area (Å²) in [6, 6.07) is 2.91. The quantitative estimate of drug-likeness (QED) is 0.602. The van der Waals surface area contributed by atoms with Crippen molar-refractivity contribution in [3.05, 3.63) is 27.9 Å².